The van der Waals surface area contributed by atoms with Crippen LogP contribution in [0.2, 0.25) is 0 Å². The van der Waals surface area contributed by atoms with Crippen molar-refractivity contribution in [2.45, 2.75) is 59.0 Å². The smallest absolute Gasteiger partial charge is 0.328 e. The molecule has 0 spiro atoms. The van der Waals surface area contributed by atoms with Crippen molar-refractivity contribution < 1.29 is 39.2 Å². The van der Waals surface area contributed by atoms with Crippen molar-refractivity contribution >= 4 is 23.5 Å². The fourth-order valence-electron chi connectivity index (χ4n) is 5.60. The third-order valence-corrected chi connectivity index (χ3v) is 6.90. The molecular formula is C23H32O8. The van der Waals surface area contributed by atoms with Crippen LogP contribution in [0.1, 0.15) is 52.9 Å². The van der Waals surface area contributed by atoms with E-state index in [1.54, 1.807) is 6.92 Å². The number of hydrogen-bond donors (Lipinski definition) is 3. The van der Waals surface area contributed by atoms with Crippen LogP contribution in [0.15, 0.2) is 24.0 Å². The van der Waals surface area contributed by atoms with Crippen molar-refractivity contribution in [3.05, 3.63) is 24.0 Å². The average molecular weight is 437 g/mol. The van der Waals surface area contributed by atoms with Gasteiger partial charge < -0.3 is 20.1 Å². The lowest BCUT2D eigenvalue weighted by atomic mass is 9.48. The zero-order valence-corrected chi connectivity index (χ0v) is 18.2. The summed E-state index contributed by atoms with van der Waals surface area (Å²) in [5.74, 6) is -3.13. The predicted molar refractivity (Wildman–Crippen MR) is 111 cm³/mol. The fourth-order valence-corrected chi connectivity index (χ4v) is 5.60. The summed E-state index contributed by atoms with van der Waals surface area (Å²) in [6.07, 6.45) is 3.28. The second-order valence-corrected chi connectivity index (χ2v) is 9.08. The highest BCUT2D eigenvalue weighted by molar-refractivity contribution is 5.97. The molecule has 8 heteroatoms. The SMILES string of the molecule is C/C(=C\C(=O)O)CC(=O)OCC[C@H]1CC(=O)[C@H]2CC(O)C[C@@H](C)C2[C@@]1(C)C(=O)/C=C\O. The van der Waals surface area contributed by atoms with Crippen molar-refractivity contribution in [3.8, 4) is 0 Å². The van der Waals surface area contributed by atoms with E-state index in [0.717, 1.165) is 12.2 Å². The molecule has 0 bridgehead atoms. The van der Waals surface area contributed by atoms with Gasteiger partial charge >= 0.3 is 11.9 Å². The molecule has 31 heavy (non-hydrogen) atoms. The quantitative estimate of drug-likeness (QED) is 0.300. The third-order valence-electron chi connectivity index (χ3n) is 6.90. The van der Waals surface area contributed by atoms with Gasteiger partial charge in [0.2, 0.25) is 0 Å². The number of Topliss-reactive ketones (excluding diaryl/α,β-unsaturated/α-hetero) is 1. The van der Waals surface area contributed by atoms with E-state index in [2.05, 4.69) is 0 Å². The first-order valence-electron chi connectivity index (χ1n) is 10.6. The van der Waals surface area contributed by atoms with Crippen LogP contribution in [0.3, 0.4) is 0 Å². The van der Waals surface area contributed by atoms with Crippen LogP contribution in [-0.2, 0) is 23.9 Å². The van der Waals surface area contributed by atoms with E-state index in [-0.39, 0.29) is 48.8 Å². The van der Waals surface area contributed by atoms with E-state index in [1.807, 2.05) is 6.92 Å². The highest BCUT2D eigenvalue weighted by Crippen LogP contribution is 2.56. The summed E-state index contributed by atoms with van der Waals surface area (Å²) in [5, 5.41) is 28.1. The number of carbonyl (C=O) groups is 4. The second kappa shape index (κ2) is 10.2. The monoisotopic (exact) mass is 436 g/mol. The summed E-state index contributed by atoms with van der Waals surface area (Å²) in [4.78, 5) is 48.6. The molecule has 2 fully saturated rings. The lowest BCUT2D eigenvalue weighted by Gasteiger charge is -2.54. The van der Waals surface area contributed by atoms with Gasteiger partial charge in [-0.3, -0.25) is 14.4 Å². The van der Waals surface area contributed by atoms with Gasteiger partial charge in [-0.05, 0) is 43.9 Å². The maximum absolute atomic E-state index is 13.1. The number of carboxylic acid groups (broad SMARTS) is 1. The standard InChI is InChI=1S/C23H32O8/c1-13(8-20(28)29)9-21(30)31-7-5-15-11-18(26)17-12-16(25)10-14(2)22(17)23(15,3)19(27)4-6-24/h4,6,8,14-17,22,24-25H,5,7,9-12H2,1-3H3,(H,28,29)/b6-4-,13-8+/t14-,15+,16?,17-,22?,23-/m1/s1. The van der Waals surface area contributed by atoms with Crippen LogP contribution in [0.4, 0.5) is 0 Å². The first-order valence-corrected chi connectivity index (χ1v) is 10.6. The minimum absolute atomic E-state index is 0.00274. The van der Waals surface area contributed by atoms with Crippen molar-refractivity contribution in [3.63, 3.8) is 0 Å². The van der Waals surface area contributed by atoms with Crippen LogP contribution in [0.5, 0.6) is 0 Å². The molecule has 2 aliphatic rings. The van der Waals surface area contributed by atoms with E-state index in [0.29, 0.717) is 31.1 Å². The third kappa shape index (κ3) is 5.61. The van der Waals surface area contributed by atoms with Crippen molar-refractivity contribution in [1.82, 2.24) is 0 Å². The molecule has 2 rings (SSSR count). The Morgan fingerprint density at radius 3 is 2.55 bits per heavy atom. The summed E-state index contributed by atoms with van der Waals surface area (Å²) in [6, 6.07) is 0. The van der Waals surface area contributed by atoms with Crippen LogP contribution < -0.4 is 0 Å². The second-order valence-electron chi connectivity index (χ2n) is 9.08. The molecule has 2 unspecified atom stereocenters. The first kappa shape index (κ1) is 24.8. The van der Waals surface area contributed by atoms with Gasteiger partial charge in [-0.25, -0.2) is 4.79 Å². The summed E-state index contributed by atoms with van der Waals surface area (Å²) in [5.41, 5.74) is -0.584. The van der Waals surface area contributed by atoms with E-state index in [9.17, 15) is 29.4 Å². The average Bonchev–Trinajstić information content (AvgIpc) is 2.64. The van der Waals surface area contributed by atoms with Gasteiger partial charge in [0.15, 0.2) is 5.78 Å². The lowest BCUT2D eigenvalue weighted by Crippen LogP contribution is -2.57. The Hall–Kier alpha value is -2.48. The molecule has 172 valence electrons. The Balaban J connectivity index is 2.17. The molecule has 0 heterocycles. The van der Waals surface area contributed by atoms with E-state index in [4.69, 9.17) is 9.84 Å². The summed E-state index contributed by atoms with van der Waals surface area (Å²) in [7, 11) is 0. The Bertz CT molecular complexity index is 782. The molecule has 0 aromatic rings. The number of aliphatic hydroxyl groups is 2. The Morgan fingerprint density at radius 2 is 1.94 bits per heavy atom. The van der Waals surface area contributed by atoms with E-state index >= 15 is 0 Å². The number of ether oxygens (including phenoxy) is 1. The molecule has 6 atom stereocenters. The number of esters is 1. The molecular weight excluding hydrogens is 404 g/mol. The Kier molecular flexibility index (Phi) is 8.17. The number of ketones is 2. The molecule has 0 aromatic heterocycles. The highest BCUT2D eigenvalue weighted by atomic mass is 16.5. The molecule has 3 N–H and O–H groups in total. The molecule has 0 radical (unpaired) electrons. The largest absolute Gasteiger partial charge is 0.515 e. The molecule has 0 aromatic carbocycles. The number of rotatable bonds is 8. The van der Waals surface area contributed by atoms with Gasteiger partial charge in [0, 0.05) is 29.9 Å². The zero-order chi connectivity index (χ0) is 23.3. The van der Waals surface area contributed by atoms with Crippen molar-refractivity contribution in [2.24, 2.45) is 29.1 Å². The van der Waals surface area contributed by atoms with Crippen LogP contribution in [0.25, 0.3) is 0 Å². The minimum Gasteiger partial charge on any atom is -0.515 e. The van der Waals surface area contributed by atoms with Gasteiger partial charge in [-0.2, -0.15) is 0 Å². The van der Waals surface area contributed by atoms with Crippen LogP contribution in [0, 0.1) is 29.1 Å². The van der Waals surface area contributed by atoms with E-state index < -0.39 is 29.4 Å². The maximum atomic E-state index is 13.1. The highest BCUT2D eigenvalue weighted by Gasteiger charge is 2.58. The summed E-state index contributed by atoms with van der Waals surface area (Å²) in [6.45, 7) is 5.25. The number of carboxylic acids is 1. The number of allylic oxidation sites excluding steroid dienone is 1. The molecule has 0 amide bonds. The van der Waals surface area contributed by atoms with Gasteiger partial charge in [-0.1, -0.05) is 19.4 Å². The zero-order valence-electron chi connectivity index (χ0n) is 18.2. The van der Waals surface area contributed by atoms with Crippen molar-refractivity contribution in [2.75, 3.05) is 6.61 Å². The number of hydrogen-bond acceptors (Lipinski definition) is 7. The van der Waals surface area contributed by atoms with Crippen molar-refractivity contribution in [1.29, 1.82) is 0 Å². The minimum atomic E-state index is -1.14. The van der Waals surface area contributed by atoms with Gasteiger partial charge in [0.25, 0.3) is 0 Å². The fraction of sp³-hybridized carbons (Fsp3) is 0.652. The first-order chi connectivity index (χ1) is 14.5. The predicted octanol–water partition coefficient (Wildman–Crippen LogP) is 2.60. The number of carbonyl (C=O) groups excluding carboxylic acids is 3. The number of fused-ring (bicyclic) bond motifs is 1. The normalized spacial score (nSPS) is 33.7. The number of aliphatic hydroxyl groups excluding tert-OH is 2. The lowest BCUT2D eigenvalue weighted by molar-refractivity contribution is -0.158. The number of aliphatic carboxylic acids is 1. The van der Waals surface area contributed by atoms with E-state index in [1.165, 1.54) is 6.92 Å². The van der Waals surface area contributed by atoms with Gasteiger partial charge in [-0.15, -0.1) is 0 Å². The summed E-state index contributed by atoms with van der Waals surface area (Å²) >= 11 is 0. The van der Waals surface area contributed by atoms with Gasteiger partial charge in [0.1, 0.15) is 5.78 Å². The Morgan fingerprint density at radius 1 is 1.26 bits per heavy atom. The topological polar surface area (TPSA) is 138 Å². The van der Waals surface area contributed by atoms with Crippen LogP contribution >= 0.6 is 0 Å². The van der Waals surface area contributed by atoms with Crippen LogP contribution in [-0.4, -0.2) is 51.5 Å². The Labute approximate surface area is 182 Å². The molecule has 2 saturated carbocycles. The maximum Gasteiger partial charge on any atom is 0.328 e. The molecule has 0 saturated heterocycles. The molecule has 0 aliphatic heterocycles. The summed E-state index contributed by atoms with van der Waals surface area (Å²) < 4.78 is 5.24. The molecule has 2 aliphatic carbocycles. The molecule has 8 nitrogen and oxygen atoms in total. The van der Waals surface area contributed by atoms with Gasteiger partial charge in [0.05, 0.1) is 25.4 Å².